The molecular formula is C16H23N3O2S. The predicted octanol–water partition coefficient (Wildman–Crippen LogP) is 2.80. The number of H-pyrrole nitrogens is 1. The normalized spacial score (nSPS) is 12.6. The van der Waals surface area contributed by atoms with Crippen LogP contribution in [0.5, 0.6) is 0 Å². The van der Waals surface area contributed by atoms with Crippen molar-refractivity contribution in [2.24, 2.45) is 0 Å². The van der Waals surface area contributed by atoms with Crippen molar-refractivity contribution in [3.63, 3.8) is 0 Å². The van der Waals surface area contributed by atoms with Crippen LogP contribution >= 0.6 is 0 Å². The molecule has 0 radical (unpaired) electrons. The molecule has 1 heterocycles. The number of hydrogen-bond donors (Lipinski definition) is 2. The molecule has 5 nitrogen and oxygen atoms in total. The van der Waals surface area contributed by atoms with Crippen LogP contribution in [0.25, 0.3) is 0 Å². The lowest BCUT2D eigenvalue weighted by atomic mass is 9.85. The highest BCUT2D eigenvalue weighted by molar-refractivity contribution is 7.89. The van der Waals surface area contributed by atoms with Crippen LogP contribution in [-0.2, 0) is 22.0 Å². The van der Waals surface area contributed by atoms with E-state index in [1.54, 1.807) is 18.3 Å². The van der Waals surface area contributed by atoms with Gasteiger partial charge in [-0.1, -0.05) is 26.8 Å². The van der Waals surface area contributed by atoms with Gasteiger partial charge in [0.2, 0.25) is 10.0 Å². The van der Waals surface area contributed by atoms with Crippen LogP contribution < -0.4 is 4.72 Å². The summed E-state index contributed by atoms with van der Waals surface area (Å²) in [6, 6.07) is 5.58. The Hall–Kier alpha value is -1.66. The zero-order chi connectivity index (χ0) is 16.5. The molecule has 120 valence electrons. The quantitative estimate of drug-likeness (QED) is 0.909. The van der Waals surface area contributed by atoms with Crippen LogP contribution in [0.2, 0.25) is 0 Å². The molecule has 0 saturated heterocycles. The second-order valence-electron chi connectivity index (χ2n) is 6.57. The summed E-state index contributed by atoms with van der Waals surface area (Å²) in [5, 5.41) is 6.56. The van der Waals surface area contributed by atoms with Crippen molar-refractivity contribution in [2.45, 2.75) is 51.5 Å². The highest BCUT2D eigenvalue weighted by atomic mass is 32.2. The molecule has 6 heteroatoms. The first-order chi connectivity index (χ1) is 10.1. The van der Waals surface area contributed by atoms with E-state index in [1.165, 1.54) is 0 Å². The standard InChI is InChI=1S/C16H23N3O2S/c1-11-8-13(16(3,4)5)9-15(12(11)2)22(20,21)18-10-14-6-7-17-19-14/h6-9,18H,10H2,1-5H3,(H,17,19). The number of benzene rings is 1. The van der Waals surface area contributed by atoms with Crippen LogP contribution in [0, 0.1) is 13.8 Å². The second kappa shape index (κ2) is 5.85. The zero-order valence-electron chi connectivity index (χ0n) is 13.7. The summed E-state index contributed by atoms with van der Waals surface area (Å²) in [5.41, 5.74) is 3.40. The first kappa shape index (κ1) is 16.7. The summed E-state index contributed by atoms with van der Waals surface area (Å²) in [4.78, 5) is 0.344. The Kier molecular flexibility index (Phi) is 4.44. The minimum absolute atomic E-state index is 0.105. The van der Waals surface area contributed by atoms with Gasteiger partial charge in [0.1, 0.15) is 0 Å². The van der Waals surface area contributed by atoms with Gasteiger partial charge >= 0.3 is 0 Å². The summed E-state index contributed by atoms with van der Waals surface area (Å²) in [7, 11) is -3.57. The summed E-state index contributed by atoms with van der Waals surface area (Å²) in [6.07, 6.45) is 1.60. The molecule has 0 saturated carbocycles. The lowest BCUT2D eigenvalue weighted by Gasteiger charge is -2.22. The van der Waals surface area contributed by atoms with E-state index < -0.39 is 10.0 Å². The Bertz CT molecular complexity index is 757. The van der Waals surface area contributed by atoms with Crippen molar-refractivity contribution in [2.75, 3.05) is 0 Å². The van der Waals surface area contributed by atoms with E-state index in [0.717, 1.165) is 22.4 Å². The van der Waals surface area contributed by atoms with Crippen molar-refractivity contribution in [1.29, 1.82) is 0 Å². The van der Waals surface area contributed by atoms with Crippen LogP contribution in [0.1, 0.15) is 43.2 Å². The van der Waals surface area contributed by atoms with Crippen LogP contribution in [-0.4, -0.2) is 18.6 Å². The summed E-state index contributed by atoms with van der Waals surface area (Å²) in [5.74, 6) is 0. The third-order valence-electron chi connectivity index (χ3n) is 3.79. The minimum atomic E-state index is -3.57. The molecule has 0 amide bonds. The third kappa shape index (κ3) is 3.56. The fourth-order valence-electron chi connectivity index (χ4n) is 2.17. The van der Waals surface area contributed by atoms with Gasteiger partial charge in [0, 0.05) is 6.20 Å². The number of hydrogen-bond acceptors (Lipinski definition) is 3. The monoisotopic (exact) mass is 321 g/mol. The molecule has 0 aliphatic heterocycles. The van der Waals surface area contributed by atoms with Crippen LogP contribution in [0.4, 0.5) is 0 Å². The van der Waals surface area contributed by atoms with E-state index in [0.29, 0.717) is 4.90 Å². The number of aryl methyl sites for hydroxylation is 1. The molecule has 2 rings (SSSR count). The van der Waals surface area contributed by atoms with Crippen molar-refractivity contribution >= 4 is 10.0 Å². The van der Waals surface area contributed by atoms with E-state index in [-0.39, 0.29) is 12.0 Å². The molecule has 1 aromatic carbocycles. The first-order valence-electron chi connectivity index (χ1n) is 7.21. The number of aromatic amines is 1. The largest absolute Gasteiger partial charge is 0.281 e. The maximum absolute atomic E-state index is 12.6. The number of rotatable bonds is 4. The highest BCUT2D eigenvalue weighted by Crippen LogP contribution is 2.29. The Labute approximate surface area is 132 Å². The summed E-state index contributed by atoms with van der Waals surface area (Å²) >= 11 is 0. The second-order valence-corrected chi connectivity index (χ2v) is 8.31. The average molecular weight is 321 g/mol. The van der Waals surface area contributed by atoms with E-state index in [2.05, 4.69) is 41.8 Å². The lowest BCUT2D eigenvalue weighted by Crippen LogP contribution is -2.25. The van der Waals surface area contributed by atoms with Gasteiger partial charge in [-0.05, 0) is 48.1 Å². The number of aromatic nitrogens is 2. The maximum atomic E-state index is 12.6. The molecule has 0 atom stereocenters. The van der Waals surface area contributed by atoms with E-state index in [9.17, 15) is 8.42 Å². The summed E-state index contributed by atoms with van der Waals surface area (Å²) < 4.78 is 27.9. The van der Waals surface area contributed by atoms with E-state index in [1.807, 2.05) is 13.8 Å². The molecule has 2 aromatic rings. The number of sulfonamides is 1. The SMILES string of the molecule is Cc1cc(C(C)(C)C)cc(S(=O)(=O)NCc2ccn[nH]2)c1C. The predicted molar refractivity (Wildman–Crippen MR) is 87.2 cm³/mol. The van der Waals surface area contributed by atoms with Gasteiger partial charge in [-0.25, -0.2) is 13.1 Å². The van der Waals surface area contributed by atoms with Gasteiger partial charge < -0.3 is 0 Å². The molecule has 0 spiro atoms. The van der Waals surface area contributed by atoms with Crippen molar-refractivity contribution in [1.82, 2.24) is 14.9 Å². The molecule has 0 aliphatic carbocycles. The minimum Gasteiger partial charge on any atom is -0.281 e. The Balaban J connectivity index is 2.39. The molecule has 2 N–H and O–H groups in total. The maximum Gasteiger partial charge on any atom is 0.241 e. The topological polar surface area (TPSA) is 74.8 Å². The molecular weight excluding hydrogens is 298 g/mol. The Morgan fingerprint density at radius 3 is 2.45 bits per heavy atom. The molecule has 0 bridgehead atoms. The average Bonchev–Trinajstić information content (AvgIpc) is 2.91. The van der Waals surface area contributed by atoms with Crippen molar-refractivity contribution in [3.8, 4) is 0 Å². The molecule has 1 aromatic heterocycles. The van der Waals surface area contributed by atoms with Gasteiger partial charge in [0.25, 0.3) is 0 Å². The number of nitrogens with zero attached hydrogens (tertiary/aromatic N) is 1. The summed E-state index contributed by atoms with van der Waals surface area (Å²) in [6.45, 7) is 10.2. The zero-order valence-corrected chi connectivity index (χ0v) is 14.5. The fraction of sp³-hybridized carbons (Fsp3) is 0.438. The van der Waals surface area contributed by atoms with Gasteiger partial charge in [0.05, 0.1) is 17.1 Å². The van der Waals surface area contributed by atoms with Gasteiger partial charge in [-0.15, -0.1) is 0 Å². The first-order valence-corrected chi connectivity index (χ1v) is 8.69. The van der Waals surface area contributed by atoms with Gasteiger partial charge in [0.15, 0.2) is 0 Å². The molecule has 22 heavy (non-hydrogen) atoms. The Morgan fingerprint density at radius 1 is 1.23 bits per heavy atom. The van der Waals surface area contributed by atoms with Crippen LogP contribution in [0.15, 0.2) is 29.3 Å². The van der Waals surface area contributed by atoms with Crippen molar-refractivity contribution in [3.05, 3.63) is 46.8 Å². The van der Waals surface area contributed by atoms with E-state index >= 15 is 0 Å². The molecule has 0 aliphatic rings. The Morgan fingerprint density at radius 2 is 1.91 bits per heavy atom. The lowest BCUT2D eigenvalue weighted by molar-refractivity contribution is 0.574. The van der Waals surface area contributed by atoms with Crippen LogP contribution in [0.3, 0.4) is 0 Å². The highest BCUT2D eigenvalue weighted by Gasteiger charge is 2.22. The fourth-order valence-corrected chi connectivity index (χ4v) is 3.52. The number of nitrogens with one attached hydrogen (secondary N) is 2. The van der Waals surface area contributed by atoms with Crippen molar-refractivity contribution < 1.29 is 8.42 Å². The molecule has 0 fully saturated rings. The smallest absolute Gasteiger partial charge is 0.241 e. The van der Waals surface area contributed by atoms with Gasteiger partial charge in [-0.2, -0.15) is 5.10 Å². The molecule has 0 unspecified atom stereocenters. The van der Waals surface area contributed by atoms with Gasteiger partial charge in [-0.3, -0.25) is 5.10 Å². The third-order valence-corrected chi connectivity index (χ3v) is 5.31. The van der Waals surface area contributed by atoms with E-state index in [4.69, 9.17) is 0 Å².